The SMILES string of the molecule is CCCCC(CC)CC(O)c1cn[nH]c1N. The second-order valence-corrected chi connectivity index (χ2v) is 4.41. The number of H-pyrrole nitrogens is 1. The largest absolute Gasteiger partial charge is 0.388 e. The van der Waals surface area contributed by atoms with Gasteiger partial charge in [0, 0.05) is 5.56 Å². The number of nitrogen functional groups attached to an aromatic ring is 1. The van der Waals surface area contributed by atoms with Gasteiger partial charge in [0.2, 0.25) is 0 Å². The number of aromatic amines is 1. The minimum Gasteiger partial charge on any atom is -0.388 e. The van der Waals surface area contributed by atoms with Crippen molar-refractivity contribution in [2.45, 2.75) is 52.1 Å². The lowest BCUT2D eigenvalue weighted by Gasteiger charge is -2.18. The minimum atomic E-state index is -0.486. The molecule has 16 heavy (non-hydrogen) atoms. The van der Waals surface area contributed by atoms with Gasteiger partial charge in [0.1, 0.15) is 5.82 Å². The van der Waals surface area contributed by atoms with Crippen molar-refractivity contribution in [2.24, 2.45) is 5.92 Å². The lowest BCUT2D eigenvalue weighted by atomic mass is 9.91. The molecule has 0 fully saturated rings. The summed E-state index contributed by atoms with van der Waals surface area (Å²) < 4.78 is 0. The number of aliphatic hydroxyl groups is 1. The summed E-state index contributed by atoms with van der Waals surface area (Å²) in [5.41, 5.74) is 6.41. The smallest absolute Gasteiger partial charge is 0.124 e. The van der Waals surface area contributed by atoms with Crippen LogP contribution < -0.4 is 5.73 Å². The van der Waals surface area contributed by atoms with Crippen molar-refractivity contribution in [3.63, 3.8) is 0 Å². The van der Waals surface area contributed by atoms with Crippen molar-refractivity contribution in [2.75, 3.05) is 5.73 Å². The average molecular weight is 225 g/mol. The summed E-state index contributed by atoms with van der Waals surface area (Å²) in [5, 5.41) is 16.5. The van der Waals surface area contributed by atoms with E-state index in [1.807, 2.05) is 0 Å². The monoisotopic (exact) mass is 225 g/mol. The number of hydrogen-bond donors (Lipinski definition) is 3. The van der Waals surface area contributed by atoms with E-state index >= 15 is 0 Å². The van der Waals surface area contributed by atoms with Crippen LogP contribution in [0.5, 0.6) is 0 Å². The molecule has 1 heterocycles. The van der Waals surface area contributed by atoms with E-state index in [4.69, 9.17) is 5.73 Å². The number of aliphatic hydroxyl groups excluding tert-OH is 1. The van der Waals surface area contributed by atoms with Crippen LogP contribution in [0.1, 0.15) is 57.6 Å². The van der Waals surface area contributed by atoms with Crippen molar-refractivity contribution >= 4 is 5.82 Å². The first-order chi connectivity index (χ1) is 7.69. The number of hydrogen-bond acceptors (Lipinski definition) is 3. The molecular weight excluding hydrogens is 202 g/mol. The van der Waals surface area contributed by atoms with Gasteiger partial charge in [-0.3, -0.25) is 5.10 Å². The van der Waals surface area contributed by atoms with E-state index in [9.17, 15) is 5.11 Å². The summed E-state index contributed by atoms with van der Waals surface area (Å²) in [7, 11) is 0. The molecule has 0 spiro atoms. The summed E-state index contributed by atoms with van der Waals surface area (Å²) >= 11 is 0. The van der Waals surface area contributed by atoms with Crippen LogP contribution in [0.2, 0.25) is 0 Å². The second kappa shape index (κ2) is 6.53. The first-order valence-corrected chi connectivity index (χ1v) is 6.15. The predicted octanol–water partition coefficient (Wildman–Crippen LogP) is 2.63. The summed E-state index contributed by atoms with van der Waals surface area (Å²) in [6.45, 7) is 4.36. The number of nitrogens with one attached hydrogen (secondary N) is 1. The van der Waals surface area contributed by atoms with Crippen molar-refractivity contribution < 1.29 is 5.11 Å². The number of unbranched alkanes of at least 4 members (excludes halogenated alkanes) is 1. The van der Waals surface area contributed by atoms with E-state index in [0.29, 0.717) is 11.7 Å². The topological polar surface area (TPSA) is 74.9 Å². The zero-order valence-electron chi connectivity index (χ0n) is 10.2. The van der Waals surface area contributed by atoms with Crippen molar-refractivity contribution in [3.8, 4) is 0 Å². The molecule has 0 bridgehead atoms. The fourth-order valence-corrected chi connectivity index (χ4v) is 2.00. The van der Waals surface area contributed by atoms with E-state index in [-0.39, 0.29) is 0 Å². The molecule has 92 valence electrons. The molecular formula is C12H23N3O. The Morgan fingerprint density at radius 1 is 1.50 bits per heavy atom. The molecule has 0 radical (unpaired) electrons. The van der Waals surface area contributed by atoms with E-state index in [2.05, 4.69) is 24.0 Å². The minimum absolute atomic E-state index is 0.484. The van der Waals surface area contributed by atoms with Gasteiger partial charge >= 0.3 is 0 Å². The Labute approximate surface area is 97.2 Å². The Morgan fingerprint density at radius 2 is 2.25 bits per heavy atom. The van der Waals surface area contributed by atoms with Crippen LogP contribution in [0, 0.1) is 5.92 Å². The fraction of sp³-hybridized carbons (Fsp3) is 0.750. The van der Waals surface area contributed by atoms with Crippen molar-refractivity contribution in [1.29, 1.82) is 0 Å². The van der Waals surface area contributed by atoms with Crippen LogP contribution >= 0.6 is 0 Å². The Morgan fingerprint density at radius 3 is 2.75 bits per heavy atom. The molecule has 0 aliphatic heterocycles. The molecule has 1 rings (SSSR count). The highest BCUT2D eigenvalue weighted by Crippen LogP contribution is 2.28. The third kappa shape index (κ3) is 3.52. The molecule has 0 saturated carbocycles. The van der Waals surface area contributed by atoms with Gasteiger partial charge in [-0.1, -0.05) is 39.5 Å². The zero-order chi connectivity index (χ0) is 12.0. The Balaban J connectivity index is 2.48. The van der Waals surface area contributed by atoms with Gasteiger partial charge in [-0.25, -0.2) is 0 Å². The summed E-state index contributed by atoms with van der Waals surface area (Å²) in [6, 6.07) is 0. The Bertz CT molecular complexity index is 298. The van der Waals surface area contributed by atoms with Crippen LogP contribution in [-0.2, 0) is 0 Å². The van der Waals surface area contributed by atoms with Gasteiger partial charge in [0.15, 0.2) is 0 Å². The summed E-state index contributed by atoms with van der Waals surface area (Å²) in [6.07, 6.45) is 6.64. The van der Waals surface area contributed by atoms with Gasteiger partial charge in [0.05, 0.1) is 12.3 Å². The van der Waals surface area contributed by atoms with Gasteiger partial charge in [-0.15, -0.1) is 0 Å². The maximum absolute atomic E-state index is 10.1. The van der Waals surface area contributed by atoms with Gasteiger partial charge in [-0.05, 0) is 12.3 Å². The van der Waals surface area contributed by atoms with Crippen molar-refractivity contribution in [3.05, 3.63) is 11.8 Å². The van der Waals surface area contributed by atoms with Crippen LogP contribution in [0.4, 0.5) is 5.82 Å². The molecule has 1 aromatic rings. The van der Waals surface area contributed by atoms with E-state index in [0.717, 1.165) is 18.4 Å². The maximum Gasteiger partial charge on any atom is 0.124 e. The number of rotatable bonds is 7. The molecule has 0 saturated heterocycles. The third-order valence-corrected chi connectivity index (χ3v) is 3.16. The van der Waals surface area contributed by atoms with Crippen LogP contribution in [0.3, 0.4) is 0 Å². The highest BCUT2D eigenvalue weighted by Gasteiger charge is 2.17. The van der Waals surface area contributed by atoms with E-state index in [1.165, 1.54) is 19.3 Å². The normalized spacial score (nSPS) is 14.9. The van der Waals surface area contributed by atoms with E-state index < -0.39 is 6.10 Å². The molecule has 2 atom stereocenters. The van der Waals surface area contributed by atoms with Crippen LogP contribution in [0.15, 0.2) is 6.20 Å². The molecule has 0 amide bonds. The first kappa shape index (κ1) is 13.0. The Hall–Kier alpha value is -1.03. The Kier molecular flexibility index (Phi) is 5.32. The van der Waals surface area contributed by atoms with Gasteiger partial charge in [-0.2, -0.15) is 5.10 Å². The molecule has 4 nitrogen and oxygen atoms in total. The second-order valence-electron chi connectivity index (χ2n) is 4.41. The molecule has 1 aromatic heterocycles. The summed E-state index contributed by atoms with van der Waals surface area (Å²) in [5.74, 6) is 1.06. The first-order valence-electron chi connectivity index (χ1n) is 6.15. The fourth-order valence-electron chi connectivity index (χ4n) is 2.00. The van der Waals surface area contributed by atoms with Crippen LogP contribution in [0.25, 0.3) is 0 Å². The van der Waals surface area contributed by atoms with Crippen molar-refractivity contribution in [1.82, 2.24) is 10.2 Å². The third-order valence-electron chi connectivity index (χ3n) is 3.16. The standard InChI is InChI=1S/C12H23N3O/c1-3-5-6-9(4-2)7-11(16)10-8-14-15-12(10)13/h8-9,11,16H,3-7H2,1-2H3,(H3,13,14,15). The lowest BCUT2D eigenvalue weighted by molar-refractivity contribution is 0.140. The molecule has 0 aliphatic rings. The summed E-state index contributed by atoms with van der Waals surface area (Å²) in [4.78, 5) is 0. The predicted molar refractivity (Wildman–Crippen MR) is 65.9 cm³/mol. The van der Waals surface area contributed by atoms with Gasteiger partial charge < -0.3 is 10.8 Å². The maximum atomic E-state index is 10.1. The molecule has 2 unspecified atom stereocenters. The highest BCUT2D eigenvalue weighted by atomic mass is 16.3. The molecule has 0 aliphatic carbocycles. The highest BCUT2D eigenvalue weighted by molar-refractivity contribution is 5.38. The number of anilines is 1. The number of nitrogens with two attached hydrogens (primary N) is 1. The average Bonchev–Trinajstić information content (AvgIpc) is 2.70. The number of nitrogens with zero attached hydrogens (tertiary/aromatic N) is 1. The van der Waals surface area contributed by atoms with Crippen LogP contribution in [-0.4, -0.2) is 15.3 Å². The molecule has 4 N–H and O–H groups in total. The zero-order valence-corrected chi connectivity index (χ0v) is 10.2. The van der Waals surface area contributed by atoms with Gasteiger partial charge in [0.25, 0.3) is 0 Å². The quantitative estimate of drug-likeness (QED) is 0.667. The number of aromatic nitrogens is 2. The molecule has 4 heteroatoms. The van der Waals surface area contributed by atoms with E-state index in [1.54, 1.807) is 6.20 Å². The lowest BCUT2D eigenvalue weighted by Crippen LogP contribution is -2.08. The molecule has 0 aromatic carbocycles.